The molecular formula is C9H8N8. The third kappa shape index (κ3) is 1.65. The zero-order valence-electron chi connectivity index (χ0n) is 8.96. The van der Waals surface area contributed by atoms with Crippen molar-refractivity contribution in [1.82, 2.24) is 39.5 Å². The molecule has 0 aromatic carbocycles. The lowest BCUT2D eigenvalue weighted by Gasteiger charge is -2.05. The van der Waals surface area contributed by atoms with Crippen LogP contribution in [0.5, 0.6) is 0 Å². The number of rotatable bonds is 2. The number of nitrogens with zero attached hydrogens (tertiary/aromatic N) is 8. The summed E-state index contributed by atoms with van der Waals surface area (Å²) in [5.41, 5.74) is 0.910. The van der Waals surface area contributed by atoms with Gasteiger partial charge in [-0.05, 0) is 6.92 Å². The van der Waals surface area contributed by atoms with Crippen LogP contribution in [-0.4, -0.2) is 39.5 Å². The Bertz CT molecular complexity index is 613. The first-order valence-corrected chi connectivity index (χ1v) is 4.88. The van der Waals surface area contributed by atoms with Crippen molar-refractivity contribution in [2.24, 2.45) is 0 Å². The zero-order chi connectivity index (χ0) is 11.7. The summed E-state index contributed by atoms with van der Waals surface area (Å²) in [5.74, 6) is 1.17. The van der Waals surface area contributed by atoms with Crippen LogP contribution in [0.3, 0.4) is 0 Å². The van der Waals surface area contributed by atoms with E-state index < -0.39 is 0 Å². The quantitative estimate of drug-likeness (QED) is 0.611. The van der Waals surface area contributed by atoms with Crippen LogP contribution in [0.4, 0.5) is 0 Å². The molecule has 0 aliphatic rings. The summed E-state index contributed by atoms with van der Waals surface area (Å²) in [6, 6.07) is 0. The molecule has 0 aliphatic heterocycles. The van der Waals surface area contributed by atoms with Gasteiger partial charge in [-0.3, -0.25) is 4.57 Å². The van der Waals surface area contributed by atoms with Crippen molar-refractivity contribution in [3.63, 3.8) is 0 Å². The maximum absolute atomic E-state index is 4.39. The summed E-state index contributed by atoms with van der Waals surface area (Å²) < 4.78 is 3.21. The largest absolute Gasteiger partial charge is 0.255 e. The molecule has 0 spiro atoms. The second-order valence-corrected chi connectivity index (χ2v) is 3.39. The molecule has 3 heterocycles. The second-order valence-electron chi connectivity index (χ2n) is 3.39. The van der Waals surface area contributed by atoms with Gasteiger partial charge in [-0.15, -0.1) is 10.2 Å². The molecule has 0 atom stereocenters. The molecule has 3 rings (SSSR count). The topological polar surface area (TPSA) is 87.2 Å². The molecule has 8 heteroatoms. The van der Waals surface area contributed by atoms with E-state index in [-0.39, 0.29) is 0 Å². The molecule has 0 amide bonds. The van der Waals surface area contributed by atoms with Gasteiger partial charge in [-0.25, -0.2) is 14.6 Å². The highest BCUT2D eigenvalue weighted by Gasteiger charge is 2.07. The minimum Gasteiger partial charge on any atom is -0.255 e. The Morgan fingerprint density at radius 1 is 1.12 bits per heavy atom. The molecular weight excluding hydrogens is 220 g/mol. The molecule has 0 unspecified atom stereocenters. The van der Waals surface area contributed by atoms with Gasteiger partial charge >= 0.3 is 0 Å². The fourth-order valence-corrected chi connectivity index (χ4v) is 1.40. The monoisotopic (exact) mass is 228 g/mol. The molecule has 0 saturated heterocycles. The Labute approximate surface area is 96.0 Å². The molecule has 0 bridgehead atoms. The van der Waals surface area contributed by atoms with E-state index in [1.807, 2.05) is 6.92 Å². The van der Waals surface area contributed by atoms with Crippen LogP contribution in [0.1, 0.15) is 5.56 Å². The van der Waals surface area contributed by atoms with Crippen LogP contribution in [0, 0.1) is 6.92 Å². The van der Waals surface area contributed by atoms with Gasteiger partial charge in [0.2, 0.25) is 5.95 Å². The fraction of sp³-hybridized carbons (Fsp3) is 0.111. The van der Waals surface area contributed by atoms with Gasteiger partial charge in [0.25, 0.3) is 0 Å². The summed E-state index contributed by atoms with van der Waals surface area (Å²) in [6.07, 6.45) is 7.84. The molecule has 8 nitrogen and oxygen atoms in total. The third-order valence-corrected chi connectivity index (χ3v) is 2.22. The molecule has 0 aliphatic carbocycles. The molecule has 17 heavy (non-hydrogen) atoms. The highest BCUT2D eigenvalue weighted by molar-refractivity contribution is 5.32. The minimum atomic E-state index is 0.492. The van der Waals surface area contributed by atoms with Gasteiger partial charge in [-0.2, -0.15) is 10.1 Å². The second kappa shape index (κ2) is 3.74. The lowest BCUT2D eigenvalue weighted by Crippen LogP contribution is -2.07. The molecule has 0 radical (unpaired) electrons. The first kappa shape index (κ1) is 9.58. The van der Waals surface area contributed by atoms with Gasteiger partial charge in [0.05, 0.1) is 0 Å². The maximum Gasteiger partial charge on any atom is 0.238 e. The van der Waals surface area contributed by atoms with E-state index in [2.05, 4.69) is 30.2 Å². The van der Waals surface area contributed by atoms with Gasteiger partial charge in [0.1, 0.15) is 25.3 Å². The molecule has 3 aromatic heterocycles. The number of aryl methyl sites for hydroxylation is 1. The van der Waals surface area contributed by atoms with Gasteiger partial charge in [-0.1, -0.05) is 0 Å². The van der Waals surface area contributed by atoms with Crippen LogP contribution in [0.15, 0.2) is 31.5 Å². The molecule has 0 fully saturated rings. The Balaban J connectivity index is 2.13. The van der Waals surface area contributed by atoms with E-state index >= 15 is 0 Å². The first-order valence-electron chi connectivity index (χ1n) is 4.88. The summed E-state index contributed by atoms with van der Waals surface area (Å²) in [6.45, 7) is 1.91. The van der Waals surface area contributed by atoms with Crippen LogP contribution < -0.4 is 0 Å². The highest BCUT2D eigenvalue weighted by atomic mass is 15.4. The third-order valence-electron chi connectivity index (χ3n) is 2.22. The Morgan fingerprint density at radius 3 is 2.65 bits per heavy atom. The van der Waals surface area contributed by atoms with Crippen molar-refractivity contribution < 1.29 is 0 Å². The van der Waals surface area contributed by atoms with Crippen molar-refractivity contribution in [3.8, 4) is 11.8 Å². The van der Waals surface area contributed by atoms with Crippen molar-refractivity contribution in [1.29, 1.82) is 0 Å². The smallest absolute Gasteiger partial charge is 0.238 e. The molecule has 0 saturated carbocycles. The maximum atomic E-state index is 4.39. The zero-order valence-corrected chi connectivity index (χ0v) is 8.96. The van der Waals surface area contributed by atoms with Crippen LogP contribution in [0.2, 0.25) is 0 Å². The van der Waals surface area contributed by atoms with Crippen molar-refractivity contribution in [2.45, 2.75) is 6.92 Å². The molecule has 0 N–H and O–H groups in total. The summed E-state index contributed by atoms with van der Waals surface area (Å²) in [5, 5.41) is 11.5. The van der Waals surface area contributed by atoms with Crippen molar-refractivity contribution in [2.75, 3.05) is 0 Å². The van der Waals surface area contributed by atoms with Crippen molar-refractivity contribution >= 4 is 0 Å². The highest BCUT2D eigenvalue weighted by Crippen LogP contribution is 2.09. The normalized spacial score (nSPS) is 10.6. The number of aromatic nitrogens is 8. The van der Waals surface area contributed by atoms with E-state index in [0.29, 0.717) is 11.8 Å². The lowest BCUT2D eigenvalue weighted by atomic mass is 10.3. The number of hydrogen-bond acceptors (Lipinski definition) is 6. The van der Waals surface area contributed by atoms with E-state index in [1.165, 1.54) is 19.0 Å². The summed E-state index contributed by atoms with van der Waals surface area (Å²) in [4.78, 5) is 12.5. The van der Waals surface area contributed by atoms with Gasteiger partial charge in [0, 0.05) is 11.8 Å². The SMILES string of the molecule is Cc1cnc(-n2cnnc2)nc1-n1cncn1. The van der Waals surface area contributed by atoms with Crippen molar-refractivity contribution in [3.05, 3.63) is 37.1 Å². The van der Waals surface area contributed by atoms with E-state index in [0.717, 1.165) is 5.56 Å². The van der Waals surface area contributed by atoms with Crippen LogP contribution >= 0.6 is 0 Å². The van der Waals surface area contributed by atoms with E-state index in [1.54, 1.807) is 21.8 Å². The first-order chi connectivity index (χ1) is 8.34. The molecule has 3 aromatic rings. The fourth-order valence-electron chi connectivity index (χ4n) is 1.40. The molecule has 84 valence electrons. The number of hydrogen-bond donors (Lipinski definition) is 0. The summed E-state index contributed by atoms with van der Waals surface area (Å²) in [7, 11) is 0. The van der Waals surface area contributed by atoms with Gasteiger partial charge < -0.3 is 0 Å². The van der Waals surface area contributed by atoms with E-state index in [4.69, 9.17) is 0 Å². The average molecular weight is 228 g/mol. The average Bonchev–Trinajstić information content (AvgIpc) is 3.03. The Morgan fingerprint density at radius 2 is 1.94 bits per heavy atom. The van der Waals surface area contributed by atoms with Crippen LogP contribution in [-0.2, 0) is 0 Å². The van der Waals surface area contributed by atoms with Crippen LogP contribution in [0.25, 0.3) is 11.8 Å². The lowest BCUT2D eigenvalue weighted by molar-refractivity contribution is 0.805. The predicted molar refractivity (Wildman–Crippen MR) is 56.6 cm³/mol. The van der Waals surface area contributed by atoms with Gasteiger partial charge in [0.15, 0.2) is 5.82 Å². The van der Waals surface area contributed by atoms with E-state index in [9.17, 15) is 0 Å². The minimum absolute atomic E-state index is 0.492. The summed E-state index contributed by atoms with van der Waals surface area (Å²) >= 11 is 0. The predicted octanol–water partition coefficient (Wildman–Crippen LogP) is -0.0536. The Hall–Kier alpha value is -2.64. The standard InChI is InChI=1S/C9H8N8/c1-7-2-11-9(16-5-12-13-6-16)15-8(7)17-4-10-3-14-17/h2-6H,1H3. The Kier molecular flexibility index (Phi) is 2.11.